The Hall–Kier alpha value is -1.57. The number of ether oxygens (including phenoxy) is 1. The van der Waals surface area contributed by atoms with E-state index < -0.39 is 18.2 Å². The molecule has 1 aliphatic heterocycles. The first-order valence-corrected chi connectivity index (χ1v) is 4.80. The second-order valence-electron chi connectivity index (χ2n) is 3.56. The molecule has 0 radical (unpaired) electrons. The lowest BCUT2D eigenvalue weighted by Crippen LogP contribution is -2.39. The summed E-state index contributed by atoms with van der Waals surface area (Å²) in [5.41, 5.74) is 0.0670. The number of carbonyl (C=O) groups is 1. The molecule has 17 heavy (non-hydrogen) atoms. The van der Waals surface area contributed by atoms with Gasteiger partial charge in [0.1, 0.15) is 24.2 Å². The van der Waals surface area contributed by atoms with Gasteiger partial charge >= 0.3 is 12.1 Å². The minimum Gasteiger partial charge on any atom is -0.438 e. The lowest BCUT2D eigenvalue weighted by atomic mass is 10.2. The van der Waals surface area contributed by atoms with Crippen molar-refractivity contribution < 1.29 is 27.1 Å². The number of nitrogens with zero attached hydrogens (tertiary/aromatic N) is 1. The fraction of sp³-hybridized carbons (Fsp3) is 0.556. The number of aromatic nitrogens is 1. The predicted molar refractivity (Wildman–Crippen MR) is 47.9 cm³/mol. The highest BCUT2D eigenvalue weighted by molar-refractivity contribution is 5.77. The number of oxazole rings is 1. The Labute approximate surface area is 94.0 Å². The monoisotopic (exact) mass is 250 g/mol. The van der Waals surface area contributed by atoms with E-state index in [0.29, 0.717) is 0 Å². The van der Waals surface area contributed by atoms with Gasteiger partial charge in [-0.1, -0.05) is 0 Å². The van der Waals surface area contributed by atoms with Gasteiger partial charge in [-0.2, -0.15) is 13.2 Å². The summed E-state index contributed by atoms with van der Waals surface area (Å²) < 4.78 is 46.6. The fourth-order valence-corrected chi connectivity index (χ4v) is 1.50. The molecule has 1 aliphatic rings. The third-order valence-corrected chi connectivity index (χ3v) is 2.28. The predicted octanol–water partition coefficient (Wildman–Crippen LogP) is 1.19. The van der Waals surface area contributed by atoms with Crippen LogP contribution >= 0.6 is 0 Å². The van der Waals surface area contributed by atoms with Crippen LogP contribution in [0.1, 0.15) is 23.4 Å². The number of rotatable bonds is 1. The fourth-order valence-electron chi connectivity index (χ4n) is 1.50. The minimum atomic E-state index is -4.62. The van der Waals surface area contributed by atoms with Crippen molar-refractivity contribution >= 4 is 5.91 Å². The van der Waals surface area contributed by atoms with Gasteiger partial charge in [-0.15, -0.1) is 0 Å². The number of carbonyl (C=O) groups excluding carboxylic acids is 1. The smallest absolute Gasteiger partial charge is 0.438 e. The number of nitrogens with one attached hydrogen (secondary N) is 1. The Kier molecular flexibility index (Phi) is 2.82. The van der Waals surface area contributed by atoms with Crippen molar-refractivity contribution in [2.45, 2.75) is 19.2 Å². The molecule has 5 nitrogen and oxygen atoms in total. The zero-order valence-corrected chi connectivity index (χ0v) is 8.80. The van der Waals surface area contributed by atoms with Crippen LogP contribution in [-0.2, 0) is 15.7 Å². The Balaban J connectivity index is 2.21. The highest BCUT2D eigenvalue weighted by Crippen LogP contribution is 2.32. The average molecular weight is 250 g/mol. The van der Waals surface area contributed by atoms with Gasteiger partial charge in [-0.3, -0.25) is 4.79 Å². The van der Waals surface area contributed by atoms with Gasteiger partial charge in [0.05, 0.1) is 0 Å². The Bertz CT molecular complexity index is 431. The summed E-state index contributed by atoms with van der Waals surface area (Å²) in [5.74, 6) is -1.57. The number of halogens is 3. The number of hydrogen-bond acceptors (Lipinski definition) is 4. The van der Waals surface area contributed by atoms with Crippen molar-refractivity contribution in [3.05, 3.63) is 17.3 Å². The third-order valence-electron chi connectivity index (χ3n) is 2.28. The van der Waals surface area contributed by atoms with Crippen LogP contribution in [0, 0.1) is 6.92 Å². The molecule has 1 aromatic heterocycles. The van der Waals surface area contributed by atoms with Gasteiger partial charge in [-0.25, -0.2) is 4.98 Å². The summed E-state index contributed by atoms with van der Waals surface area (Å²) in [4.78, 5) is 14.2. The molecule has 2 heterocycles. The maximum atomic E-state index is 12.3. The normalized spacial score (nSPS) is 21.4. The summed E-state index contributed by atoms with van der Waals surface area (Å²) in [6.45, 7) is 1.26. The van der Waals surface area contributed by atoms with Gasteiger partial charge in [0.15, 0.2) is 0 Å². The molecule has 1 aromatic rings. The largest absolute Gasteiger partial charge is 0.468 e. The SMILES string of the molecule is Cc1oc(C(F)(F)F)nc1C1CNC(=O)CO1. The highest BCUT2D eigenvalue weighted by atomic mass is 19.4. The van der Waals surface area contributed by atoms with E-state index in [9.17, 15) is 18.0 Å². The number of hydrogen-bond donors (Lipinski definition) is 1. The summed E-state index contributed by atoms with van der Waals surface area (Å²) in [7, 11) is 0. The van der Waals surface area contributed by atoms with Crippen molar-refractivity contribution in [3.8, 4) is 0 Å². The van der Waals surface area contributed by atoms with Crippen molar-refractivity contribution in [3.63, 3.8) is 0 Å². The quantitative estimate of drug-likeness (QED) is 0.813. The van der Waals surface area contributed by atoms with E-state index in [1.807, 2.05) is 0 Å². The van der Waals surface area contributed by atoms with Gasteiger partial charge in [0.2, 0.25) is 5.91 Å². The van der Waals surface area contributed by atoms with Gasteiger partial charge in [-0.05, 0) is 6.92 Å². The van der Waals surface area contributed by atoms with Crippen LogP contribution in [-0.4, -0.2) is 24.0 Å². The standard InChI is InChI=1S/C9H9F3N2O3/c1-4-7(5-2-13-6(15)3-16-5)14-8(17-4)9(10,11)12/h5H,2-3H2,1H3,(H,13,15). The second kappa shape index (κ2) is 4.02. The molecule has 2 rings (SSSR count). The van der Waals surface area contributed by atoms with Crippen LogP contribution in [0.25, 0.3) is 0 Å². The van der Waals surface area contributed by atoms with Crippen LogP contribution < -0.4 is 5.32 Å². The summed E-state index contributed by atoms with van der Waals surface area (Å²) >= 11 is 0. The molecule has 1 amide bonds. The molecular formula is C9H9F3N2O3. The van der Waals surface area contributed by atoms with Crippen LogP contribution in [0.3, 0.4) is 0 Å². The number of alkyl halides is 3. The van der Waals surface area contributed by atoms with E-state index in [0.717, 1.165) is 0 Å². The number of morpholine rings is 1. The van der Waals surface area contributed by atoms with Crippen LogP contribution in [0.2, 0.25) is 0 Å². The van der Waals surface area contributed by atoms with Gasteiger partial charge in [0, 0.05) is 6.54 Å². The van der Waals surface area contributed by atoms with E-state index in [1.165, 1.54) is 6.92 Å². The molecule has 0 aromatic carbocycles. The molecule has 1 atom stereocenters. The second-order valence-corrected chi connectivity index (χ2v) is 3.56. The maximum Gasteiger partial charge on any atom is 0.468 e. The lowest BCUT2D eigenvalue weighted by Gasteiger charge is -2.21. The molecule has 0 aliphatic carbocycles. The molecule has 1 N–H and O–H groups in total. The summed E-state index contributed by atoms with van der Waals surface area (Å²) in [5, 5.41) is 2.48. The number of aryl methyl sites for hydroxylation is 1. The Morgan fingerprint density at radius 3 is 2.65 bits per heavy atom. The van der Waals surface area contributed by atoms with Crippen molar-refractivity contribution in [2.24, 2.45) is 0 Å². The molecule has 1 unspecified atom stereocenters. The zero-order valence-electron chi connectivity index (χ0n) is 8.80. The lowest BCUT2D eigenvalue weighted by molar-refractivity contribution is -0.157. The first kappa shape index (κ1) is 11.9. The van der Waals surface area contributed by atoms with Crippen LogP contribution in [0.4, 0.5) is 13.2 Å². The molecular weight excluding hydrogens is 241 g/mol. The van der Waals surface area contributed by atoms with Crippen molar-refractivity contribution in [1.82, 2.24) is 10.3 Å². The first-order chi connectivity index (χ1) is 7.88. The minimum absolute atomic E-state index is 0.0403. The highest BCUT2D eigenvalue weighted by Gasteiger charge is 2.39. The molecule has 0 saturated carbocycles. The van der Waals surface area contributed by atoms with Crippen LogP contribution in [0.15, 0.2) is 4.42 Å². The van der Waals surface area contributed by atoms with Crippen molar-refractivity contribution in [1.29, 1.82) is 0 Å². The van der Waals surface area contributed by atoms with Gasteiger partial charge < -0.3 is 14.5 Å². The molecule has 0 spiro atoms. The molecule has 8 heteroatoms. The van der Waals surface area contributed by atoms with Gasteiger partial charge in [0.25, 0.3) is 0 Å². The summed E-state index contributed by atoms with van der Waals surface area (Å²) in [6.07, 6.45) is -5.33. The molecule has 0 bridgehead atoms. The molecule has 1 fully saturated rings. The zero-order chi connectivity index (χ0) is 12.6. The maximum absolute atomic E-state index is 12.3. The topological polar surface area (TPSA) is 64.4 Å². The van der Waals surface area contributed by atoms with Crippen molar-refractivity contribution in [2.75, 3.05) is 13.2 Å². The van der Waals surface area contributed by atoms with E-state index in [1.54, 1.807) is 0 Å². The first-order valence-electron chi connectivity index (χ1n) is 4.80. The third kappa shape index (κ3) is 2.41. The van der Waals surface area contributed by atoms with E-state index in [2.05, 4.69) is 14.7 Å². The summed E-state index contributed by atoms with van der Waals surface area (Å²) in [6, 6.07) is 0. The Morgan fingerprint density at radius 2 is 2.18 bits per heavy atom. The van der Waals surface area contributed by atoms with E-state index in [-0.39, 0.29) is 30.5 Å². The average Bonchev–Trinajstić information content (AvgIpc) is 2.61. The number of amides is 1. The Morgan fingerprint density at radius 1 is 1.47 bits per heavy atom. The van der Waals surface area contributed by atoms with Crippen LogP contribution in [0.5, 0.6) is 0 Å². The molecule has 1 saturated heterocycles. The van der Waals surface area contributed by atoms with E-state index in [4.69, 9.17) is 4.74 Å². The van der Waals surface area contributed by atoms with E-state index >= 15 is 0 Å². The molecule has 94 valence electrons.